The molecule has 2 aromatic carbocycles. The van der Waals surface area contributed by atoms with E-state index >= 15 is 0 Å². The summed E-state index contributed by atoms with van der Waals surface area (Å²) in [6, 6.07) is 17.0. The third-order valence-electron chi connectivity index (χ3n) is 4.91. The molecule has 166 valence electrons. The van der Waals surface area contributed by atoms with Crippen molar-refractivity contribution in [3.05, 3.63) is 83.2 Å². The zero-order chi connectivity index (χ0) is 23.1. The molecule has 0 saturated heterocycles. The number of nitrogens with one attached hydrogen (secondary N) is 2. The van der Waals surface area contributed by atoms with Crippen LogP contribution >= 0.6 is 0 Å². The van der Waals surface area contributed by atoms with Crippen molar-refractivity contribution in [1.82, 2.24) is 15.4 Å². The van der Waals surface area contributed by atoms with Gasteiger partial charge in [0.2, 0.25) is 0 Å². The summed E-state index contributed by atoms with van der Waals surface area (Å²) in [5, 5.41) is 0. The molecule has 0 aliphatic carbocycles. The molecule has 0 saturated carbocycles. The van der Waals surface area contributed by atoms with Gasteiger partial charge in [0.15, 0.2) is 18.1 Å². The Morgan fingerprint density at radius 1 is 1.00 bits per heavy atom. The molecule has 0 atom stereocenters. The number of para-hydroxylation sites is 1. The lowest BCUT2D eigenvalue weighted by Crippen LogP contribution is -2.44. The van der Waals surface area contributed by atoms with E-state index in [1.807, 2.05) is 80.0 Å². The molecule has 0 unspecified atom stereocenters. The van der Waals surface area contributed by atoms with E-state index in [0.717, 1.165) is 22.6 Å². The summed E-state index contributed by atoms with van der Waals surface area (Å²) in [6.45, 7) is 5.44. The van der Waals surface area contributed by atoms with Crippen molar-refractivity contribution in [2.75, 3.05) is 13.7 Å². The van der Waals surface area contributed by atoms with Gasteiger partial charge in [-0.1, -0.05) is 36.4 Å². The van der Waals surface area contributed by atoms with Gasteiger partial charge in [0.05, 0.1) is 12.7 Å². The number of amides is 2. The quantitative estimate of drug-likeness (QED) is 0.553. The second-order valence-electron chi connectivity index (χ2n) is 7.16. The van der Waals surface area contributed by atoms with Gasteiger partial charge < -0.3 is 14.0 Å². The highest BCUT2D eigenvalue weighted by Crippen LogP contribution is 2.28. The fourth-order valence-electron chi connectivity index (χ4n) is 3.44. The average Bonchev–Trinajstić information content (AvgIpc) is 3.11. The van der Waals surface area contributed by atoms with E-state index in [9.17, 15) is 9.59 Å². The highest BCUT2D eigenvalue weighted by atomic mass is 16.5. The molecule has 0 spiro atoms. The number of ether oxygens (including phenoxy) is 2. The van der Waals surface area contributed by atoms with Crippen LogP contribution in [0.5, 0.6) is 11.5 Å². The van der Waals surface area contributed by atoms with Gasteiger partial charge in [-0.15, -0.1) is 0 Å². The predicted octanol–water partition coefficient (Wildman–Crippen LogP) is 3.98. The Kier molecular flexibility index (Phi) is 7.33. The Hall–Kier alpha value is -4.00. The number of hydrazine groups is 1. The van der Waals surface area contributed by atoms with Crippen molar-refractivity contribution in [2.24, 2.45) is 0 Å². The molecule has 2 amide bonds. The second-order valence-corrected chi connectivity index (χ2v) is 7.16. The molecule has 1 heterocycles. The van der Waals surface area contributed by atoms with Gasteiger partial charge in [-0.05, 0) is 56.7 Å². The molecular formula is C25H27N3O4. The lowest BCUT2D eigenvalue weighted by molar-refractivity contribution is -0.123. The number of methoxy groups -OCH3 is 1. The van der Waals surface area contributed by atoms with Crippen LogP contribution in [0.4, 0.5) is 0 Å². The molecule has 3 rings (SSSR count). The minimum absolute atomic E-state index is 0.275. The predicted molar refractivity (Wildman–Crippen MR) is 124 cm³/mol. The van der Waals surface area contributed by atoms with Crippen LogP contribution in [0, 0.1) is 13.8 Å². The maximum atomic E-state index is 12.6. The number of aromatic nitrogens is 1. The lowest BCUT2D eigenvalue weighted by atomic mass is 10.2. The molecular weight excluding hydrogens is 406 g/mol. The molecule has 7 nitrogen and oxygen atoms in total. The van der Waals surface area contributed by atoms with Crippen molar-refractivity contribution < 1.29 is 19.1 Å². The van der Waals surface area contributed by atoms with E-state index in [0.29, 0.717) is 17.1 Å². The Bertz CT molecular complexity index is 1130. The summed E-state index contributed by atoms with van der Waals surface area (Å²) in [5.74, 6) is 0.0659. The van der Waals surface area contributed by atoms with Crippen LogP contribution in [-0.2, 0) is 4.79 Å². The number of carbonyl (C=O) groups is 2. The van der Waals surface area contributed by atoms with Crippen LogP contribution in [0.25, 0.3) is 11.8 Å². The van der Waals surface area contributed by atoms with Crippen LogP contribution in [0.2, 0.25) is 0 Å². The smallest absolute Gasteiger partial charge is 0.276 e. The van der Waals surface area contributed by atoms with Gasteiger partial charge in [0.25, 0.3) is 11.8 Å². The number of nitrogens with zero attached hydrogens (tertiary/aromatic N) is 1. The topological polar surface area (TPSA) is 81.6 Å². The molecule has 0 radical (unpaired) electrons. The van der Waals surface area contributed by atoms with Crippen molar-refractivity contribution in [3.8, 4) is 17.2 Å². The maximum absolute atomic E-state index is 12.6. The van der Waals surface area contributed by atoms with E-state index in [4.69, 9.17) is 9.47 Å². The Morgan fingerprint density at radius 3 is 2.44 bits per heavy atom. The SMILES string of the molecule is C/C=C/c1ccc(OCC(=O)NNC(=O)c2cc(C)n(-c3ccccc3)c2C)c(OC)c1. The number of allylic oxidation sites excluding steroid dienone is 1. The fraction of sp³-hybridized carbons (Fsp3) is 0.200. The Labute approximate surface area is 187 Å². The second kappa shape index (κ2) is 10.3. The summed E-state index contributed by atoms with van der Waals surface area (Å²) < 4.78 is 12.9. The Morgan fingerprint density at radius 2 is 1.75 bits per heavy atom. The largest absolute Gasteiger partial charge is 0.493 e. The zero-order valence-corrected chi connectivity index (χ0v) is 18.6. The van der Waals surface area contributed by atoms with Crippen molar-refractivity contribution >= 4 is 17.9 Å². The van der Waals surface area contributed by atoms with E-state index in [-0.39, 0.29) is 6.61 Å². The maximum Gasteiger partial charge on any atom is 0.276 e. The van der Waals surface area contributed by atoms with Crippen molar-refractivity contribution in [2.45, 2.75) is 20.8 Å². The summed E-state index contributed by atoms with van der Waals surface area (Å²) in [7, 11) is 1.54. The van der Waals surface area contributed by atoms with Gasteiger partial charge in [0.1, 0.15) is 0 Å². The normalized spacial score (nSPS) is 10.8. The number of carbonyl (C=O) groups excluding carboxylic acids is 2. The molecule has 32 heavy (non-hydrogen) atoms. The molecule has 0 bridgehead atoms. The molecule has 2 N–H and O–H groups in total. The van der Waals surface area contributed by atoms with Gasteiger partial charge in [-0.3, -0.25) is 20.4 Å². The fourth-order valence-corrected chi connectivity index (χ4v) is 3.44. The first kappa shape index (κ1) is 22.7. The van der Waals surface area contributed by atoms with Crippen LogP contribution in [0.1, 0.15) is 34.2 Å². The van der Waals surface area contributed by atoms with Crippen LogP contribution in [0.15, 0.2) is 60.7 Å². The summed E-state index contributed by atoms with van der Waals surface area (Å²) in [5.41, 5.74) is 8.95. The average molecular weight is 434 g/mol. The molecule has 3 aromatic rings. The van der Waals surface area contributed by atoms with E-state index in [1.165, 1.54) is 7.11 Å². The number of benzene rings is 2. The standard InChI is InChI=1S/C25H27N3O4/c1-5-9-19-12-13-22(23(15-19)31-4)32-16-24(29)26-27-25(30)21-14-17(2)28(18(21)3)20-10-7-6-8-11-20/h5-15H,16H2,1-4H3,(H,26,29)(H,27,30)/b9-5+. The van der Waals surface area contributed by atoms with E-state index in [1.54, 1.807) is 12.1 Å². The first-order chi connectivity index (χ1) is 15.4. The van der Waals surface area contributed by atoms with Gasteiger partial charge in [0, 0.05) is 17.1 Å². The minimum Gasteiger partial charge on any atom is -0.493 e. The third-order valence-corrected chi connectivity index (χ3v) is 4.91. The summed E-state index contributed by atoms with van der Waals surface area (Å²) in [6.07, 6.45) is 3.85. The first-order valence-electron chi connectivity index (χ1n) is 10.2. The van der Waals surface area contributed by atoms with Crippen molar-refractivity contribution in [3.63, 3.8) is 0 Å². The Balaban J connectivity index is 1.60. The monoisotopic (exact) mass is 433 g/mol. The van der Waals surface area contributed by atoms with Crippen LogP contribution in [0.3, 0.4) is 0 Å². The molecule has 0 aliphatic heterocycles. The molecule has 1 aromatic heterocycles. The van der Waals surface area contributed by atoms with E-state index in [2.05, 4.69) is 10.9 Å². The summed E-state index contributed by atoms with van der Waals surface area (Å²) >= 11 is 0. The minimum atomic E-state index is -0.491. The highest BCUT2D eigenvalue weighted by Gasteiger charge is 2.17. The lowest BCUT2D eigenvalue weighted by Gasteiger charge is -2.12. The van der Waals surface area contributed by atoms with Crippen LogP contribution in [-0.4, -0.2) is 30.1 Å². The molecule has 0 fully saturated rings. The highest BCUT2D eigenvalue weighted by molar-refractivity contribution is 5.97. The number of aryl methyl sites for hydroxylation is 1. The molecule has 7 heteroatoms. The van der Waals surface area contributed by atoms with Gasteiger partial charge in [-0.2, -0.15) is 0 Å². The zero-order valence-electron chi connectivity index (χ0n) is 18.6. The number of hydrogen-bond acceptors (Lipinski definition) is 4. The van der Waals surface area contributed by atoms with E-state index < -0.39 is 11.8 Å². The van der Waals surface area contributed by atoms with Crippen molar-refractivity contribution in [1.29, 1.82) is 0 Å². The summed E-state index contributed by atoms with van der Waals surface area (Å²) in [4.78, 5) is 24.8. The first-order valence-corrected chi connectivity index (χ1v) is 10.2. The van der Waals surface area contributed by atoms with Gasteiger partial charge >= 0.3 is 0 Å². The molecule has 0 aliphatic rings. The van der Waals surface area contributed by atoms with Crippen LogP contribution < -0.4 is 20.3 Å². The number of rotatable bonds is 7. The number of hydrogen-bond donors (Lipinski definition) is 2. The third kappa shape index (κ3) is 5.18. The van der Waals surface area contributed by atoms with Gasteiger partial charge in [-0.25, -0.2) is 0 Å².